The highest BCUT2D eigenvalue weighted by atomic mass is 35.5. The van der Waals surface area contributed by atoms with Crippen molar-refractivity contribution in [2.75, 3.05) is 6.54 Å². The van der Waals surface area contributed by atoms with Crippen molar-refractivity contribution in [1.82, 2.24) is 16.2 Å². The minimum absolute atomic E-state index is 0.0178. The molecule has 0 fully saturated rings. The fourth-order valence-corrected chi connectivity index (χ4v) is 2.00. The summed E-state index contributed by atoms with van der Waals surface area (Å²) in [6.45, 7) is 1.77. The standard InChI is InChI=1S/C16H16ClN3O4/c1-10-13(7-9-24-10)16(23)20-19-14(21)6-8-18-15(22)11-2-4-12(17)5-3-11/h2-5,7,9H,6,8H2,1H3,(H,18,22)(H,19,21)(H,20,23). The van der Waals surface area contributed by atoms with Crippen molar-refractivity contribution in [1.29, 1.82) is 0 Å². The van der Waals surface area contributed by atoms with Crippen LogP contribution < -0.4 is 16.2 Å². The molecule has 1 aromatic carbocycles. The molecule has 24 heavy (non-hydrogen) atoms. The molecule has 1 aromatic heterocycles. The largest absolute Gasteiger partial charge is 0.469 e. The molecule has 2 rings (SSSR count). The molecule has 3 N–H and O–H groups in total. The molecular formula is C16H16ClN3O4. The first-order chi connectivity index (χ1) is 11.5. The number of hydrazine groups is 1. The zero-order valence-electron chi connectivity index (χ0n) is 12.9. The van der Waals surface area contributed by atoms with Crippen LogP contribution in [-0.2, 0) is 4.79 Å². The van der Waals surface area contributed by atoms with Crippen LogP contribution in [0.5, 0.6) is 0 Å². The lowest BCUT2D eigenvalue weighted by atomic mass is 10.2. The first-order valence-electron chi connectivity index (χ1n) is 7.14. The van der Waals surface area contributed by atoms with Crippen LogP contribution in [0.2, 0.25) is 5.02 Å². The van der Waals surface area contributed by atoms with Gasteiger partial charge in [-0.3, -0.25) is 25.2 Å². The van der Waals surface area contributed by atoms with Crippen LogP contribution in [0.25, 0.3) is 0 Å². The number of furan rings is 1. The van der Waals surface area contributed by atoms with Crippen molar-refractivity contribution in [2.24, 2.45) is 0 Å². The number of amides is 3. The van der Waals surface area contributed by atoms with Gasteiger partial charge in [-0.1, -0.05) is 11.6 Å². The Balaban J connectivity index is 1.70. The van der Waals surface area contributed by atoms with Gasteiger partial charge in [0.1, 0.15) is 5.76 Å². The Kier molecular flexibility index (Phi) is 5.97. The second-order valence-corrected chi connectivity index (χ2v) is 5.34. The van der Waals surface area contributed by atoms with Crippen LogP contribution in [0.15, 0.2) is 41.0 Å². The van der Waals surface area contributed by atoms with E-state index in [9.17, 15) is 14.4 Å². The van der Waals surface area contributed by atoms with Crippen LogP contribution in [0.3, 0.4) is 0 Å². The number of carbonyl (C=O) groups is 3. The highest BCUT2D eigenvalue weighted by molar-refractivity contribution is 6.30. The number of nitrogens with one attached hydrogen (secondary N) is 3. The second kappa shape index (κ2) is 8.16. The molecule has 0 atom stereocenters. The monoisotopic (exact) mass is 349 g/mol. The van der Waals surface area contributed by atoms with E-state index in [0.29, 0.717) is 21.9 Å². The Morgan fingerprint density at radius 2 is 1.75 bits per heavy atom. The number of benzene rings is 1. The number of rotatable bonds is 5. The van der Waals surface area contributed by atoms with Gasteiger partial charge in [0, 0.05) is 23.6 Å². The average Bonchev–Trinajstić information content (AvgIpc) is 2.99. The molecular weight excluding hydrogens is 334 g/mol. The van der Waals surface area contributed by atoms with Gasteiger partial charge in [-0.05, 0) is 37.3 Å². The number of carbonyl (C=O) groups excluding carboxylic acids is 3. The predicted octanol–water partition coefficient (Wildman–Crippen LogP) is 1.82. The van der Waals surface area contributed by atoms with E-state index >= 15 is 0 Å². The molecule has 0 bridgehead atoms. The third-order valence-electron chi connectivity index (χ3n) is 3.16. The number of halogens is 1. The quantitative estimate of drug-likeness (QED) is 0.717. The van der Waals surface area contributed by atoms with E-state index < -0.39 is 11.8 Å². The Hall–Kier alpha value is -2.80. The summed E-state index contributed by atoms with van der Waals surface area (Å²) in [4.78, 5) is 35.2. The third kappa shape index (κ3) is 4.85. The molecule has 0 radical (unpaired) electrons. The normalized spacial score (nSPS) is 10.1. The SMILES string of the molecule is Cc1occc1C(=O)NNC(=O)CCNC(=O)c1ccc(Cl)cc1. The maximum Gasteiger partial charge on any atom is 0.273 e. The van der Waals surface area contributed by atoms with Crippen molar-refractivity contribution >= 4 is 29.3 Å². The summed E-state index contributed by atoms with van der Waals surface area (Å²) in [5, 5.41) is 3.14. The fourth-order valence-electron chi connectivity index (χ4n) is 1.87. The fraction of sp³-hybridized carbons (Fsp3) is 0.188. The highest BCUT2D eigenvalue weighted by Gasteiger charge is 2.12. The van der Waals surface area contributed by atoms with E-state index in [-0.39, 0.29) is 18.9 Å². The first-order valence-corrected chi connectivity index (χ1v) is 7.52. The topological polar surface area (TPSA) is 100 Å². The lowest BCUT2D eigenvalue weighted by Crippen LogP contribution is -2.42. The Bertz CT molecular complexity index is 740. The Morgan fingerprint density at radius 1 is 1.04 bits per heavy atom. The Labute approximate surface area is 143 Å². The van der Waals surface area contributed by atoms with Crippen LogP contribution in [-0.4, -0.2) is 24.3 Å². The number of hydrogen-bond donors (Lipinski definition) is 3. The lowest BCUT2D eigenvalue weighted by molar-refractivity contribution is -0.121. The van der Waals surface area contributed by atoms with E-state index in [1.165, 1.54) is 12.3 Å². The summed E-state index contributed by atoms with van der Waals surface area (Å²) in [5.41, 5.74) is 5.33. The molecule has 0 aliphatic heterocycles. The minimum Gasteiger partial charge on any atom is -0.469 e. The average molecular weight is 350 g/mol. The number of aryl methyl sites for hydroxylation is 1. The van der Waals surface area contributed by atoms with Crippen LogP contribution in [0.4, 0.5) is 0 Å². The third-order valence-corrected chi connectivity index (χ3v) is 3.41. The van der Waals surface area contributed by atoms with Gasteiger partial charge in [0.05, 0.1) is 11.8 Å². The van der Waals surface area contributed by atoms with Crippen molar-refractivity contribution in [2.45, 2.75) is 13.3 Å². The maximum atomic E-state index is 11.8. The molecule has 8 heteroatoms. The van der Waals surface area contributed by atoms with Gasteiger partial charge in [-0.2, -0.15) is 0 Å². The highest BCUT2D eigenvalue weighted by Crippen LogP contribution is 2.09. The second-order valence-electron chi connectivity index (χ2n) is 4.91. The molecule has 0 saturated heterocycles. The lowest BCUT2D eigenvalue weighted by Gasteiger charge is -2.08. The summed E-state index contributed by atoms with van der Waals surface area (Å²) in [5.74, 6) is -0.754. The van der Waals surface area contributed by atoms with Gasteiger partial charge in [0.2, 0.25) is 5.91 Å². The molecule has 126 valence electrons. The molecule has 2 aromatic rings. The van der Waals surface area contributed by atoms with Gasteiger partial charge in [-0.15, -0.1) is 0 Å². The van der Waals surface area contributed by atoms with E-state index in [2.05, 4.69) is 16.2 Å². The zero-order valence-corrected chi connectivity index (χ0v) is 13.6. The molecule has 0 saturated carbocycles. The van der Waals surface area contributed by atoms with Gasteiger partial charge in [0.15, 0.2) is 0 Å². The molecule has 0 unspecified atom stereocenters. The summed E-state index contributed by atoms with van der Waals surface area (Å²) < 4.78 is 5.00. The van der Waals surface area contributed by atoms with Crippen molar-refractivity contribution in [3.63, 3.8) is 0 Å². The first kappa shape index (κ1) is 17.6. The summed E-state index contributed by atoms with van der Waals surface area (Å²) in [7, 11) is 0. The molecule has 0 aliphatic rings. The van der Waals surface area contributed by atoms with Crippen molar-refractivity contribution < 1.29 is 18.8 Å². The summed E-state index contributed by atoms with van der Waals surface area (Å²) in [6, 6.07) is 7.90. The zero-order chi connectivity index (χ0) is 17.5. The Morgan fingerprint density at radius 3 is 2.38 bits per heavy atom. The van der Waals surface area contributed by atoms with Crippen LogP contribution in [0, 0.1) is 6.92 Å². The van der Waals surface area contributed by atoms with E-state index in [4.69, 9.17) is 16.0 Å². The van der Waals surface area contributed by atoms with Crippen molar-refractivity contribution in [3.05, 3.63) is 58.5 Å². The molecule has 1 heterocycles. The van der Waals surface area contributed by atoms with Gasteiger partial charge < -0.3 is 9.73 Å². The van der Waals surface area contributed by atoms with Gasteiger partial charge >= 0.3 is 0 Å². The summed E-state index contributed by atoms with van der Waals surface area (Å²) in [6.07, 6.45) is 1.41. The van der Waals surface area contributed by atoms with Crippen LogP contribution >= 0.6 is 11.6 Å². The van der Waals surface area contributed by atoms with Crippen molar-refractivity contribution in [3.8, 4) is 0 Å². The number of hydrogen-bond acceptors (Lipinski definition) is 4. The minimum atomic E-state index is -0.472. The molecule has 7 nitrogen and oxygen atoms in total. The van der Waals surface area contributed by atoms with Crippen LogP contribution in [0.1, 0.15) is 32.9 Å². The van der Waals surface area contributed by atoms with E-state index in [0.717, 1.165) is 0 Å². The van der Waals surface area contributed by atoms with Gasteiger partial charge in [0.25, 0.3) is 11.8 Å². The smallest absolute Gasteiger partial charge is 0.273 e. The summed E-state index contributed by atoms with van der Waals surface area (Å²) >= 11 is 5.74. The molecule has 0 spiro atoms. The predicted molar refractivity (Wildman–Crippen MR) is 87.5 cm³/mol. The van der Waals surface area contributed by atoms with E-state index in [1.807, 2.05) is 0 Å². The van der Waals surface area contributed by atoms with Gasteiger partial charge in [-0.25, -0.2) is 0 Å². The molecule has 3 amide bonds. The molecule has 0 aliphatic carbocycles. The maximum absolute atomic E-state index is 11.8. The van der Waals surface area contributed by atoms with E-state index in [1.54, 1.807) is 31.2 Å².